The summed E-state index contributed by atoms with van der Waals surface area (Å²) in [6.07, 6.45) is 0.735. The van der Waals surface area contributed by atoms with Crippen molar-refractivity contribution in [3.05, 3.63) is 64.2 Å². The zero-order valence-corrected chi connectivity index (χ0v) is 15.0. The minimum atomic E-state index is -0.0813. The Hall–Kier alpha value is -2.00. The van der Waals surface area contributed by atoms with E-state index in [1.807, 2.05) is 36.4 Å². The molecule has 24 heavy (non-hydrogen) atoms. The lowest BCUT2D eigenvalue weighted by Gasteiger charge is -2.27. The van der Waals surface area contributed by atoms with Crippen LogP contribution in [0.15, 0.2) is 42.5 Å². The number of nitrogens with one attached hydrogen (secondary N) is 1. The molecule has 0 aromatic heterocycles. The monoisotopic (exact) mass is 343 g/mol. The van der Waals surface area contributed by atoms with E-state index in [-0.39, 0.29) is 17.4 Å². The number of carbonyl (C=O) groups excluding carboxylic acids is 1. The highest BCUT2D eigenvalue weighted by Crippen LogP contribution is 2.34. The second-order valence-corrected chi connectivity index (χ2v) is 7.61. The van der Waals surface area contributed by atoms with Gasteiger partial charge in [0.25, 0.3) is 5.91 Å². The molecular formula is C20H22ClNO2. The van der Waals surface area contributed by atoms with Crippen LogP contribution in [0.5, 0.6) is 5.75 Å². The highest BCUT2D eigenvalue weighted by atomic mass is 35.5. The van der Waals surface area contributed by atoms with Crippen molar-refractivity contribution in [2.24, 2.45) is 0 Å². The molecule has 1 aliphatic rings. The van der Waals surface area contributed by atoms with Crippen LogP contribution in [0, 0.1) is 0 Å². The molecule has 0 bridgehead atoms. The molecule has 0 saturated heterocycles. The molecule has 126 valence electrons. The van der Waals surface area contributed by atoms with Gasteiger partial charge in [-0.1, -0.05) is 44.5 Å². The predicted molar refractivity (Wildman–Crippen MR) is 96.9 cm³/mol. The van der Waals surface area contributed by atoms with Gasteiger partial charge in [0, 0.05) is 22.6 Å². The molecule has 3 rings (SSSR count). The molecule has 0 radical (unpaired) electrons. The summed E-state index contributed by atoms with van der Waals surface area (Å²) in [6.45, 7) is 7.06. The molecule has 0 saturated carbocycles. The van der Waals surface area contributed by atoms with Gasteiger partial charge in [0.1, 0.15) is 5.75 Å². The number of fused-ring (bicyclic) bond motifs is 1. The number of halogens is 1. The molecular weight excluding hydrogens is 322 g/mol. The highest BCUT2D eigenvalue weighted by Gasteiger charge is 2.24. The summed E-state index contributed by atoms with van der Waals surface area (Å²) in [6, 6.07) is 13.2. The fourth-order valence-electron chi connectivity index (χ4n) is 2.88. The van der Waals surface area contributed by atoms with Crippen molar-refractivity contribution in [2.75, 3.05) is 6.61 Å². The van der Waals surface area contributed by atoms with Gasteiger partial charge in [0.2, 0.25) is 0 Å². The average Bonchev–Trinajstić information content (AvgIpc) is 2.54. The van der Waals surface area contributed by atoms with Crippen molar-refractivity contribution >= 4 is 17.5 Å². The fraction of sp³-hybridized carbons (Fsp3) is 0.350. The van der Waals surface area contributed by atoms with Gasteiger partial charge in [-0.25, -0.2) is 0 Å². The molecule has 1 unspecified atom stereocenters. The number of ether oxygens (including phenoxy) is 1. The third-order valence-electron chi connectivity index (χ3n) is 4.33. The minimum Gasteiger partial charge on any atom is -0.493 e. The van der Waals surface area contributed by atoms with Crippen LogP contribution < -0.4 is 10.1 Å². The summed E-state index contributed by atoms with van der Waals surface area (Å²) in [4.78, 5) is 12.6. The van der Waals surface area contributed by atoms with Crippen molar-refractivity contribution in [1.29, 1.82) is 0 Å². The van der Waals surface area contributed by atoms with Gasteiger partial charge in [-0.2, -0.15) is 0 Å². The zero-order chi connectivity index (χ0) is 17.3. The van der Waals surface area contributed by atoms with Crippen LogP contribution in [-0.4, -0.2) is 12.5 Å². The van der Waals surface area contributed by atoms with Crippen molar-refractivity contribution in [2.45, 2.75) is 38.6 Å². The number of carbonyl (C=O) groups is 1. The first kappa shape index (κ1) is 16.8. The number of hydrogen-bond donors (Lipinski definition) is 1. The molecule has 0 spiro atoms. The van der Waals surface area contributed by atoms with Crippen LogP contribution in [0.2, 0.25) is 5.02 Å². The van der Waals surface area contributed by atoms with Crippen molar-refractivity contribution in [3.8, 4) is 5.75 Å². The molecule has 0 fully saturated rings. The van der Waals surface area contributed by atoms with E-state index in [0.717, 1.165) is 17.7 Å². The topological polar surface area (TPSA) is 38.3 Å². The average molecular weight is 344 g/mol. The Kier molecular flexibility index (Phi) is 4.55. The summed E-state index contributed by atoms with van der Waals surface area (Å²) < 4.78 is 5.64. The van der Waals surface area contributed by atoms with Gasteiger partial charge in [0.15, 0.2) is 0 Å². The Balaban J connectivity index is 1.78. The normalized spacial score (nSPS) is 16.9. The number of amides is 1. The van der Waals surface area contributed by atoms with Crippen LogP contribution in [0.3, 0.4) is 0 Å². The van der Waals surface area contributed by atoms with E-state index >= 15 is 0 Å². The van der Waals surface area contributed by atoms with Gasteiger partial charge in [-0.05, 0) is 41.3 Å². The molecule has 0 aliphatic carbocycles. The maximum atomic E-state index is 12.6. The van der Waals surface area contributed by atoms with Crippen LogP contribution in [0.1, 0.15) is 54.7 Å². The zero-order valence-electron chi connectivity index (χ0n) is 14.2. The van der Waals surface area contributed by atoms with E-state index in [1.54, 1.807) is 6.07 Å². The van der Waals surface area contributed by atoms with E-state index in [9.17, 15) is 4.79 Å². The van der Waals surface area contributed by atoms with E-state index < -0.39 is 0 Å². The molecule has 1 heterocycles. The Morgan fingerprint density at radius 2 is 1.88 bits per heavy atom. The Bertz CT molecular complexity index is 747. The van der Waals surface area contributed by atoms with Crippen LogP contribution in [-0.2, 0) is 5.41 Å². The van der Waals surface area contributed by atoms with Crippen LogP contribution >= 0.6 is 11.6 Å². The predicted octanol–water partition coefficient (Wildman–Crippen LogP) is 4.89. The summed E-state index contributed by atoms with van der Waals surface area (Å²) in [7, 11) is 0. The quantitative estimate of drug-likeness (QED) is 0.843. The molecule has 3 nitrogen and oxygen atoms in total. The van der Waals surface area contributed by atoms with E-state index in [0.29, 0.717) is 17.2 Å². The van der Waals surface area contributed by atoms with Crippen LogP contribution in [0.4, 0.5) is 0 Å². The van der Waals surface area contributed by atoms with Crippen LogP contribution in [0.25, 0.3) is 0 Å². The summed E-state index contributed by atoms with van der Waals surface area (Å²) >= 11 is 6.09. The van der Waals surface area contributed by atoms with E-state index in [4.69, 9.17) is 16.3 Å². The van der Waals surface area contributed by atoms with Gasteiger partial charge in [0.05, 0.1) is 12.6 Å². The Morgan fingerprint density at radius 3 is 2.54 bits per heavy atom. The third-order valence-corrected chi connectivity index (χ3v) is 4.56. The second kappa shape index (κ2) is 6.48. The molecule has 1 aliphatic heterocycles. The highest BCUT2D eigenvalue weighted by molar-refractivity contribution is 6.30. The summed E-state index contributed by atoms with van der Waals surface area (Å²) in [5.41, 5.74) is 2.89. The minimum absolute atomic E-state index is 0.0748. The van der Waals surface area contributed by atoms with Gasteiger partial charge < -0.3 is 10.1 Å². The van der Waals surface area contributed by atoms with E-state index in [2.05, 4.69) is 26.1 Å². The molecule has 1 amide bonds. The second-order valence-electron chi connectivity index (χ2n) is 7.17. The standard InChI is InChI=1S/C20H22ClNO2/c1-20(2,3)14-6-4-13(5-7-14)19(23)22-17-10-11-24-18-9-8-15(21)12-16(17)18/h4-9,12,17H,10-11H2,1-3H3,(H,22,23). The Labute approximate surface area is 148 Å². The molecule has 1 atom stereocenters. The molecule has 2 aromatic carbocycles. The first-order valence-electron chi connectivity index (χ1n) is 8.18. The first-order chi connectivity index (χ1) is 11.3. The smallest absolute Gasteiger partial charge is 0.251 e. The van der Waals surface area contributed by atoms with Crippen molar-refractivity contribution in [1.82, 2.24) is 5.32 Å². The lowest BCUT2D eigenvalue weighted by Crippen LogP contribution is -2.32. The number of rotatable bonds is 2. The fourth-order valence-corrected chi connectivity index (χ4v) is 3.06. The maximum Gasteiger partial charge on any atom is 0.251 e. The van der Waals surface area contributed by atoms with Crippen molar-refractivity contribution < 1.29 is 9.53 Å². The summed E-state index contributed by atoms with van der Waals surface area (Å²) in [5, 5.41) is 3.75. The van der Waals surface area contributed by atoms with Crippen molar-refractivity contribution in [3.63, 3.8) is 0 Å². The maximum absolute atomic E-state index is 12.6. The van der Waals surface area contributed by atoms with Gasteiger partial charge in [-0.15, -0.1) is 0 Å². The Morgan fingerprint density at radius 1 is 1.17 bits per heavy atom. The summed E-state index contributed by atoms with van der Waals surface area (Å²) in [5.74, 6) is 0.715. The van der Waals surface area contributed by atoms with Gasteiger partial charge >= 0.3 is 0 Å². The lowest BCUT2D eigenvalue weighted by atomic mass is 9.86. The molecule has 2 aromatic rings. The number of benzene rings is 2. The van der Waals surface area contributed by atoms with E-state index in [1.165, 1.54) is 5.56 Å². The SMILES string of the molecule is CC(C)(C)c1ccc(C(=O)NC2CCOc3ccc(Cl)cc32)cc1. The molecule has 1 N–H and O–H groups in total. The number of hydrogen-bond acceptors (Lipinski definition) is 2. The third kappa shape index (κ3) is 3.57. The molecule has 4 heteroatoms. The first-order valence-corrected chi connectivity index (χ1v) is 8.56. The largest absolute Gasteiger partial charge is 0.493 e. The van der Waals surface area contributed by atoms with Gasteiger partial charge in [-0.3, -0.25) is 4.79 Å². The lowest BCUT2D eigenvalue weighted by molar-refractivity contribution is 0.0924.